The summed E-state index contributed by atoms with van der Waals surface area (Å²) in [7, 11) is 0. The van der Waals surface area contributed by atoms with Crippen molar-refractivity contribution in [3.63, 3.8) is 0 Å². The van der Waals surface area contributed by atoms with Gasteiger partial charge in [-0.2, -0.15) is 8.78 Å². The minimum Gasteiger partial charge on any atom is -0.434 e. The van der Waals surface area contributed by atoms with Crippen LogP contribution in [0.1, 0.15) is 18.4 Å². The molecule has 140 valence electrons. The molecule has 0 aromatic heterocycles. The van der Waals surface area contributed by atoms with E-state index < -0.39 is 12.5 Å². The molecule has 7 heteroatoms. The van der Waals surface area contributed by atoms with E-state index in [9.17, 15) is 18.4 Å². The Morgan fingerprint density at radius 3 is 2.26 bits per heavy atom. The molecule has 0 heterocycles. The Bertz CT molecular complexity index is 847. The Hall–Kier alpha value is -3.22. The lowest BCUT2D eigenvalue weighted by atomic mass is 10.2. The first kappa shape index (κ1) is 18.6. The number of rotatable bonds is 7. The van der Waals surface area contributed by atoms with E-state index in [1.54, 1.807) is 42.5 Å². The Morgan fingerprint density at radius 1 is 1.00 bits per heavy atom. The molecule has 5 nitrogen and oxygen atoms in total. The summed E-state index contributed by atoms with van der Waals surface area (Å²) >= 11 is 0. The van der Waals surface area contributed by atoms with Crippen LogP contribution in [0.3, 0.4) is 0 Å². The highest BCUT2D eigenvalue weighted by Crippen LogP contribution is 2.30. The first-order chi connectivity index (χ1) is 13.0. The highest BCUT2D eigenvalue weighted by atomic mass is 19.3. The summed E-state index contributed by atoms with van der Waals surface area (Å²) in [6.45, 7) is -2.94. The first-order valence-corrected chi connectivity index (χ1v) is 8.45. The topological polar surface area (TPSA) is 67.4 Å². The second kappa shape index (κ2) is 8.44. The van der Waals surface area contributed by atoms with Gasteiger partial charge in [-0.25, -0.2) is 0 Å². The van der Waals surface area contributed by atoms with Gasteiger partial charge in [-0.15, -0.1) is 0 Å². The summed E-state index contributed by atoms with van der Waals surface area (Å²) in [4.78, 5) is 23.7. The highest BCUT2D eigenvalue weighted by molar-refractivity contribution is 6.02. The highest BCUT2D eigenvalue weighted by Gasteiger charge is 2.29. The van der Waals surface area contributed by atoms with Gasteiger partial charge in [-0.05, 0) is 49.2 Å². The number of carbonyl (C=O) groups excluding carboxylic acids is 2. The molecule has 2 aromatic rings. The molecular weight excluding hydrogens is 354 g/mol. The molecule has 2 amide bonds. The molecule has 0 bridgehead atoms. The van der Waals surface area contributed by atoms with Crippen molar-refractivity contribution in [2.75, 3.05) is 10.6 Å². The molecule has 0 spiro atoms. The van der Waals surface area contributed by atoms with Crippen molar-refractivity contribution in [1.82, 2.24) is 0 Å². The zero-order chi connectivity index (χ0) is 19.2. The van der Waals surface area contributed by atoms with Crippen LogP contribution in [0.4, 0.5) is 20.2 Å². The van der Waals surface area contributed by atoms with Crippen LogP contribution in [0.15, 0.2) is 54.6 Å². The number of ether oxygens (including phenoxy) is 1. The van der Waals surface area contributed by atoms with Gasteiger partial charge in [0.1, 0.15) is 5.75 Å². The van der Waals surface area contributed by atoms with Gasteiger partial charge in [-0.3, -0.25) is 9.59 Å². The number of hydrogen-bond acceptors (Lipinski definition) is 3. The van der Waals surface area contributed by atoms with E-state index in [0.29, 0.717) is 16.9 Å². The van der Waals surface area contributed by atoms with E-state index in [4.69, 9.17) is 0 Å². The zero-order valence-electron chi connectivity index (χ0n) is 14.3. The quantitative estimate of drug-likeness (QED) is 0.713. The van der Waals surface area contributed by atoms with E-state index in [-0.39, 0.29) is 17.6 Å². The van der Waals surface area contributed by atoms with Crippen LogP contribution in [0.5, 0.6) is 5.75 Å². The average Bonchev–Trinajstić information content (AvgIpc) is 3.47. The van der Waals surface area contributed by atoms with Gasteiger partial charge in [-0.1, -0.05) is 18.2 Å². The Balaban J connectivity index is 1.57. The van der Waals surface area contributed by atoms with Gasteiger partial charge in [0.25, 0.3) is 0 Å². The van der Waals surface area contributed by atoms with Crippen molar-refractivity contribution in [2.24, 2.45) is 5.92 Å². The largest absolute Gasteiger partial charge is 0.434 e. The maximum atomic E-state index is 12.4. The number of hydrogen-bond donors (Lipinski definition) is 2. The normalized spacial score (nSPS) is 13.6. The number of amides is 2. The molecule has 1 fully saturated rings. The van der Waals surface area contributed by atoms with Crippen molar-refractivity contribution in [3.8, 4) is 5.75 Å². The van der Waals surface area contributed by atoms with Crippen LogP contribution in [0.25, 0.3) is 6.08 Å². The Morgan fingerprint density at radius 2 is 1.63 bits per heavy atom. The van der Waals surface area contributed by atoms with Crippen molar-refractivity contribution in [1.29, 1.82) is 0 Å². The van der Waals surface area contributed by atoms with Crippen LogP contribution >= 0.6 is 0 Å². The third-order valence-corrected chi connectivity index (χ3v) is 3.92. The molecule has 3 rings (SSSR count). The summed E-state index contributed by atoms with van der Waals surface area (Å²) in [5.41, 5.74) is 1.58. The van der Waals surface area contributed by atoms with Crippen molar-refractivity contribution in [2.45, 2.75) is 19.5 Å². The third-order valence-electron chi connectivity index (χ3n) is 3.92. The number of nitrogens with one attached hydrogen (secondary N) is 2. The van der Waals surface area contributed by atoms with E-state index in [0.717, 1.165) is 12.8 Å². The minimum atomic E-state index is -2.94. The SMILES string of the molecule is O=C(/C=C/c1ccccc1OC(F)F)Nc1ccc(NC(=O)C2CC2)cc1. The van der Waals surface area contributed by atoms with Gasteiger partial charge >= 0.3 is 6.61 Å². The molecular formula is C20H18F2N2O3. The second-order valence-corrected chi connectivity index (χ2v) is 6.08. The Kier molecular flexibility index (Phi) is 5.80. The first-order valence-electron chi connectivity index (χ1n) is 8.45. The summed E-state index contributed by atoms with van der Waals surface area (Å²) in [6.07, 6.45) is 4.49. The van der Waals surface area contributed by atoms with Crippen LogP contribution in [0.2, 0.25) is 0 Å². The molecule has 0 saturated heterocycles. The monoisotopic (exact) mass is 372 g/mol. The molecule has 2 N–H and O–H groups in total. The summed E-state index contributed by atoms with van der Waals surface area (Å²) < 4.78 is 29.2. The molecule has 0 radical (unpaired) electrons. The number of halogens is 2. The number of alkyl halides is 2. The van der Waals surface area contributed by atoms with Gasteiger partial charge in [0.2, 0.25) is 11.8 Å². The number of carbonyl (C=O) groups is 2. The fraction of sp³-hybridized carbons (Fsp3) is 0.200. The molecule has 1 aliphatic carbocycles. The minimum absolute atomic E-state index is 0.00712. The van der Waals surface area contributed by atoms with E-state index in [2.05, 4.69) is 15.4 Å². The Labute approximate surface area is 155 Å². The van der Waals surface area contributed by atoms with Crippen LogP contribution < -0.4 is 15.4 Å². The average molecular weight is 372 g/mol. The third kappa shape index (κ3) is 5.64. The van der Waals surface area contributed by atoms with Crippen molar-refractivity contribution < 1.29 is 23.1 Å². The van der Waals surface area contributed by atoms with Crippen LogP contribution in [-0.2, 0) is 9.59 Å². The maximum absolute atomic E-state index is 12.4. The molecule has 0 atom stereocenters. The lowest BCUT2D eigenvalue weighted by Gasteiger charge is -2.08. The molecule has 1 saturated carbocycles. The lowest BCUT2D eigenvalue weighted by molar-refractivity contribution is -0.117. The van der Waals surface area contributed by atoms with E-state index >= 15 is 0 Å². The van der Waals surface area contributed by atoms with Crippen LogP contribution in [0, 0.1) is 5.92 Å². The molecule has 0 aliphatic heterocycles. The summed E-state index contributed by atoms with van der Waals surface area (Å²) in [5.74, 6) is -0.297. The second-order valence-electron chi connectivity index (χ2n) is 6.08. The van der Waals surface area contributed by atoms with Gasteiger partial charge in [0.15, 0.2) is 0 Å². The standard InChI is InChI=1S/C20H18F2N2O3/c21-20(22)27-17-4-2-1-3-13(17)7-12-18(25)23-15-8-10-16(11-9-15)24-19(26)14-5-6-14/h1-4,7-12,14,20H,5-6H2,(H,23,25)(H,24,26)/b12-7+. The summed E-state index contributed by atoms with van der Waals surface area (Å²) in [5, 5.41) is 5.47. The van der Waals surface area contributed by atoms with E-state index in [1.165, 1.54) is 18.2 Å². The molecule has 0 unspecified atom stereocenters. The molecule has 2 aromatic carbocycles. The predicted octanol–water partition coefficient (Wildman–Crippen LogP) is 4.29. The fourth-order valence-electron chi connectivity index (χ4n) is 2.40. The van der Waals surface area contributed by atoms with Crippen molar-refractivity contribution >= 4 is 29.3 Å². The van der Waals surface area contributed by atoms with Gasteiger partial charge in [0, 0.05) is 28.9 Å². The van der Waals surface area contributed by atoms with E-state index in [1.807, 2.05) is 0 Å². The lowest BCUT2D eigenvalue weighted by Crippen LogP contribution is -2.13. The predicted molar refractivity (Wildman–Crippen MR) is 98.5 cm³/mol. The van der Waals surface area contributed by atoms with Gasteiger partial charge < -0.3 is 15.4 Å². The fourth-order valence-corrected chi connectivity index (χ4v) is 2.40. The maximum Gasteiger partial charge on any atom is 0.387 e. The molecule has 1 aliphatic rings. The van der Waals surface area contributed by atoms with Gasteiger partial charge in [0.05, 0.1) is 0 Å². The summed E-state index contributed by atoms with van der Waals surface area (Å²) in [6, 6.07) is 12.9. The number of para-hydroxylation sites is 1. The number of anilines is 2. The smallest absolute Gasteiger partial charge is 0.387 e. The van der Waals surface area contributed by atoms with Crippen molar-refractivity contribution in [3.05, 3.63) is 60.2 Å². The number of benzene rings is 2. The zero-order valence-corrected chi connectivity index (χ0v) is 14.3. The van der Waals surface area contributed by atoms with Crippen LogP contribution in [-0.4, -0.2) is 18.4 Å². The molecule has 27 heavy (non-hydrogen) atoms.